The summed E-state index contributed by atoms with van der Waals surface area (Å²) < 4.78 is 43.6. The minimum atomic E-state index is -5.19. The third-order valence-corrected chi connectivity index (χ3v) is 10.1. The smallest absolute Gasteiger partial charge is 0.394 e. The van der Waals surface area contributed by atoms with Crippen molar-refractivity contribution in [1.29, 1.82) is 0 Å². The molecule has 0 radical (unpaired) electrons. The Morgan fingerprint density at radius 2 is 1.22 bits per heavy atom. The number of aliphatic hydroxyl groups excluding tert-OH is 3. The van der Waals surface area contributed by atoms with E-state index in [2.05, 4.69) is 71.5 Å². The Balaban J connectivity index is 0.00000106. The molecule has 3 aliphatic rings. The molecule has 17 heteroatoms. The summed E-state index contributed by atoms with van der Waals surface area (Å²) in [6.07, 6.45) is 15.6. The van der Waals surface area contributed by atoms with Crippen molar-refractivity contribution < 1.29 is 52.3 Å². The first-order chi connectivity index (χ1) is 23.6. The largest absolute Gasteiger partial charge is 0.483 e. The van der Waals surface area contributed by atoms with E-state index in [4.69, 9.17) is 13.8 Å². The van der Waals surface area contributed by atoms with Gasteiger partial charge in [-0.3, -0.25) is 9.05 Å². The molecular formula is C33H60N4O11P2. The van der Waals surface area contributed by atoms with E-state index in [1.807, 2.05) is 31.7 Å². The molecule has 3 aliphatic heterocycles. The number of aliphatic hydroxyl groups is 3. The van der Waals surface area contributed by atoms with Crippen LogP contribution in [0.15, 0.2) is 71.4 Å². The molecule has 4 unspecified atom stereocenters. The van der Waals surface area contributed by atoms with Gasteiger partial charge in [0.15, 0.2) is 6.29 Å². The lowest BCUT2D eigenvalue weighted by molar-refractivity contribution is -0.259. The normalized spacial score (nSPS) is 25.7. The number of phosphoric acid groups is 2. The summed E-state index contributed by atoms with van der Waals surface area (Å²) in [5, 5.41) is 40.9. The van der Waals surface area contributed by atoms with E-state index < -0.39 is 52.8 Å². The van der Waals surface area contributed by atoms with Crippen LogP contribution in [0.2, 0.25) is 0 Å². The Labute approximate surface area is 297 Å². The van der Waals surface area contributed by atoms with E-state index in [0.29, 0.717) is 6.42 Å². The van der Waals surface area contributed by atoms with Crippen molar-refractivity contribution in [2.75, 3.05) is 26.6 Å². The fraction of sp³-hybridized carbons (Fsp3) is 0.636. The number of hydrogen-bond donors (Lipinski definition) is 9. The average molecular weight is 751 g/mol. The first-order valence-corrected chi connectivity index (χ1v) is 19.7. The minimum Gasteiger partial charge on any atom is -0.394 e. The summed E-state index contributed by atoms with van der Waals surface area (Å²) >= 11 is 0. The molecule has 0 bridgehead atoms. The maximum absolute atomic E-state index is 12.3. The van der Waals surface area contributed by atoms with Crippen LogP contribution in [0.25, 0.3) is 0 Å². The van der Waals surface area contributed by atoms with Gasteiger partial charge in [0.2, 0.25) is 0 Å². The Hall–Kier alpha value is -2.26. The summed E-state index contributed by atoms with van der Waals surface area (Å²) in [4.78, 5) is 19.8. The molecule has 9 N–H and O–H groups in total. The first-order valence-electron chi connectivity index (χ1n) is 16.7. The Bertz CT molecular complexity index is 1240. The van der Waals surface area contributed by atoms with Gasteiger partial charge < -0.3 is 51.1 Å². The molecule has 1 saturated heterocycles. The molecule has 3 rings (SSSR count). The van der Waals surface area contributed by atoms with Gasteiger partial charge >= 0.3 is 15.6 Å². The predicted molar refractivity (Wildman–Crippen MR) is 194 cm³/mol. The van der Waals surface area contributed by atoms with E-state index in [9.17, 15) is 34.2 Å². The van der Waals surface area contributed by atoms with Crippen LogP contribution in [-0.4, -0.2) is 76.3 Å². The topological polar surface area (TPSA) is 220 Å². The molecule has 0 spiro atoms. The van der Waals surface area contributed by atoms with E-state index in [0.717, 1.165) is 51.0 Å². The lowest BCUT2D eigenvalue weighted by Gasteiger charge is -2.40. The number of rotatable bonds is 17. The lowest BCUT2D eigenvalue weighted by Crippen LogP contribution is -2.55. The number of allylic oxidation sites excluding steroid dienone is 7. The maximum atomic E-state index is 12.3. The van der Waals surface area contributed by atoms with Gasteiger partial charge in [0.1, 0.15) is 12.2 Å². The zero-order valence-electron chi connectivity index (χ0n) is 30.2. The Kier molecular flexibility index (Phi) is 22.7. The molecule has 0 saturated carbocycles. The number of hydrogen-bond acceptors (Lipinski definition) is 13. The number of phosphoric ester groups is 2. The van der Waals surface area contributed by atoms with Crippen molar-refractivity contribution in [3.8, 4) is 0 Å². The second-order valence-corrected chi connectivity index (χ2v) is 15.4. The number of nitrogens with one attached hydrogen (secondary N) is 4. The Morgan fingerprint density at radius 3 is 1.64 bits per heavy atom. The summed E-state index contributed by atoms with van der Waals surface area (Å²) in [7, 11) is -10.2. The number of ether oxygens (including phenoxy) is 1. The molecule has 0 aromatic heterocycles. The molecule has 0 amide bonds. The molecule has 0 aromatic rings. The highest BCUT2D eigenvalue weighted by Crippen LogP contribution is 2.61. The monoisotopic (exact) mass is 750 g/mol. The second kappa shape index (κ2) is 24.8. The van der Waals surface area contributed by atoms with Crippen molar-refractivity contribution in [2.45, 2.75) is 105 Å². The van der Waals surface area contributed by atoms with Crippen LogP contribution in [0.3, 0.4) is 0 Å². The fourth-order valence-corrected chi connectivity index (χ4v) is 6.65. The van der Waals surface area contributed by atoms with Crippen LogP contribution in [0.1, 0.15) is 80.1 Å². The first kappa shape index (κ1) is 45.8. The van der Waals surface area contributed by atoms with Crippen LogP contribution in [-0.2, 0) is 27.2 Å². The van der Waals surface area contributed by atoms with Crippen molar-refractivity contribution >= 4 is 15.6 Å². The second-order valence-electron chi connectivity index (χ2n) is 12.4. The van der Waals surface area contributed by atoms with Gasteiger partial charge in [0, 0.05) is 30.7 Å². The van der Waals surface area contributed by atoms with E-state index in [1.54, 1.807) is 6.08 Å². The highest BCUT2D eigenvalue weighted by molar-refractivity contribution is 7.61. The lowest BCUT2D eigenvalue weighted by atomic mass is 9.93. The van der Waals surface area contributed by atoms with Gasteiger partial charge in [-0.15, -0.1) is 0 Å². The van der Waals surface area contributed by atoms with Gasteiger partial charge in [-0.1, -0.05) is 53.5 Å². The van der Waals surface area contributed by atoms with Gasteiger partial charge in [0.25, 0.3) is 0 Å². The molecule has 50 heavy (non-hydrogen) atoms. The van der Waals surface area contributed by atoms with Crippen molar-refractivity contribution in [1.82, 2.24) is 21.3 Å². The van der Waals surface area contributed by atoms with Crippen LogP contribution >= 0.6 is 15.6 Å². The van der Waals surface area contributed by atoms with Gasteiger partial charge in [-0.05, 0) is 73.1 Å². The average Bonchev–Trinajstić information content (AvgIpc) is 3.81. The molecule has 0 aliphatic carbocycles. The molecule has 0 aromatic carbocycles. The zero-order chi connectivity index (χ0) is 37.6. The Morgan fingerprint density at radius 1 is 0.760 bits per heavy atom. The van der Waals surface area contributed by atoms with Crippen molar-refractivity contribution in [3.05, 3.63) is 71.4 Å². The van der Waals surface area contributed by atoms with Crippen molar-refractivity contribution in [3.63, 3.8) is 0 Å². The summed E-state index contributed by atoms with van der Waals surface area (Å²) in [5.74, 6) is -1.01. The predicted octanol–water partition coefficient (Wildman–Crippen LogP) is 4.67. The standard InChI is InChI=1S/C27H48O11P2.2C3H6N2/c1-19(2)10-7-11-20(3)12-8-13-21(4)14-9-15-22(5)16-17-35-39(31,32)38-40(33,34)37-27-23(6)25(29)26(30)24(18-28)36-27;2*1-2-5-3-4-1/h10,12,14,16,23-30H,7-9,11,13,15,17-18H2,1-6H3,(H,31,32)(H,33,34);2*1-2,4-5H,3H2/b20-12-,21-14-,22-16-;;/t23?,24?,25-,26-,27-;;/m1../s1. The SMILES string of the molecule is C1=CNCN1.C1=CNCN1.CC(C)=CCC/C(C)=C\CC/C(C)=C\CC/C(C)=C\COP(=O)(O)OP(=O)(O)O[C@H]1OC(CO)[C@@H](O)[C@H](O)C1C. The third-order valence-electron chi connectivity index (χ3n) is 7.50. The summed E-state index contributed by atoms with van der Waals surface area (Å²) in [5.41, 5.74) is 4.91. The van der Waals surface area contributed by atoms with Crippen molar-refractivity contribution in [2.24, 2.45) is 5.92 Å². The van der Waals surface area contributed by atoms with Gasteiger partial charge in [-0.25, -0.2) is 9.13 Å². The quantitative estimate of drug-likeness (QED) is 0.0728. The molecule has 1 fully saturated rings. The van der Waals surface area contributed by atoms with E-state index in [-0.39, 0.29) is 6.61 Å². The highest BCUT2D eigenvalue weighted by Gasteiger charge is 2.47. The van der Waals surface area contributed by atoms with Crippen LogP contribution in [0, 0.1) is 5.92 Å². The van der Waals surface area contributed by atoms with E-state index in [1.165, 1.54) is 23.6 Å². The summed E-state index contributed by atoms with van der Waals surface area (Å²) in [6, 6.07) is 0. The van der Waals surface area contributed by atoms with Crippen LogP contribution < -0.4 is 21.3 Å². The highest BCUT2D eigenvalue weighted by atomic mass is 31.3. The third kappa shape index (κ3) is 21.2. The molecule has 15 nitrogen and oxygen atoms in total. The molecular weight excluding hydrogens is 690 g/mol. The molecule has 288 valence electrons. The van der Waals surface area contributed by atoms with Crippen LogP contribution in [0.5, 0.6) is 0 Å². The van der Waals surface area contributed by atoms with Gasteiger partial charge in [-0.2, -0.15) is 4.31 Å². The summed E-state index contributed by atoms with van der Waals surface area (Å²) in [6.45, 7) is 12.4. The maximum Gasteiger partial charge on any atom is 0.483 e. The zero-order valence-corrected chi connectivity index (χ0v) is 31.9. The van der Waals surface area contributed by atoms with E-state index >= 15 is 0 Å². The minimum absolute atomic E-state index is 0.340. The molecule has 7 atom stereocenters. The van der Waals surface area contributed by atoms with Gasteiger partial charge in [0.05, 0.1) is 32.7 Å². The van der Waals surface area contributed by atoms with Crippen LogP contribution in [0.4, 0.5) is 0 Å². The molecule has 3 heterocycles. The fourth-order valence-electron chi connectivity index (χ4n) is 4.50.